The molecule has 0 saturated heterocycles. The Balaban J connectivity index is 1.74. The zero-order valence-electron chi connectivity index (χ0n) is 19.2. The van der Waals surface area contributed by atoms with Crippen LogP contribution in [0.2, 0.25) is 0 Å². The van der Waals surface area contributed by atoms with E-state index in [4.69, 9.17) is 0 Å². The van der Waals surface area contributed by atoms with Crippen LogP contribution >= 0.6 is 0 Å². The minimum Gasteiger partial charge on any atom is -0.354 e. The van der Waals surface area contributed by atoms with E-state index in [2.05, 4.69) is 45.2 Å². The molecule has 0 atom stereocenters. The molecule has 1 aliphatic heterocycles. The van der Waals surface area contributed by atoms with Crippen LogP contribution in [0.15, 0.2) is 72.8 Å². The van der Waals surface area contributed by atoms with Gasteiger partial charge < -0.3 is 21.3 Å². The molecule has 4 rings (SSSR count). The molecule has 170 valence electrons. The molecule has 34 heavy (non-hydrogen) atoms. The van der Waals surface area contributed by atoms with E-state index in [9.17, 15) is 9.59 Å². The smallest absolute Gasteiger partial charge is 0.296 e. The van der Waals surface area contributed by atoms with Crippen LogP contribution in [0.3, 0.4) is 0 Å². The number of fused-ring (bicyclic) bond motifs is 1. The van der Waals surface area contributed by atoms with Crippen molar-refractivity contribution >= 4 is 34.5 Å². The van der Waals surface area contributed by atoms with Gasteiger partial charge in [-0.15, -0.1) is 0 Å². The number of carbonyl (C=O) groups excluding carboxylic acids is 2. The van der Waals surface area contributed by atoms with Crippen molar-refractivity contribution in [3.63, 3.8) is 0 Å². The van der Waals surface area contributed by atoms with Gasteiger partial charge in [-0.2, -0.15) is 0 Å². The average Bonchev–Trinajstić information content (AvgIpc) is 3.18. The molecule has 1 aliphatic rings. The summed E-state index contributed by atoms with van der Waals surface area (Å²) in [5.74, 6) is 4.90. The van der Waals surface area contributed by atoms with Gasteiger partial charge >= 0.3 is 0 Å². The highest BCUT2D eigenvalue weighted by molar-refractivity contribution is 6.37. The van der Waals surface area contributed by atoms with E-state index >= 15 is 0 Å². The van der Waals surface area contributed by atoms with Crippen molar-refractivity contribution in [2.45, 2.75) is 13.5 Å². The van der Waals surface area contributed by atoms with E-state index < -0.39 is 0 Å². The number of nitrogens with one attached hydrogen (secondary N) is 4. The lowest BCUT2D eigenvalue weighted by atomic mass is 9.99. The number of anilines is 2. The largest absolute Gasteiger partial charge is 0.354 e. The van der Waals surface area contributed by atoms with Crippen molar-refractivity contribution in [1.82, 2.24) is 10.6 Å². The molecule has 0 unspecified atom stereocenters. The molecule has 0 bridgehead atoms. The zero-order valence-corrected chi connectivity index (χ0v) is 19.2. The Morgan fingerprint density at radius 3 is 2.47 bits per heavy atom. The molecule has 4 N–H and O–H groups in total. The minimum atomic E-state index is -0.330. The summed E-state index contributed by atoms with van der Waals surface area (Å²) in [6.45, 7) is 3.15. The van der Waals surface area contributed by atoms with Crippen LogP contribution in [0.25, 0.3) is 11.3 Å². The topological polar surface area (TPSA) is 82.3 Å². The standard InChI is InChI=1S/C28H26N4O2/c1-3-30-25(33)16-12-19-11-15-23-24(17-19)32-28(34)26(23)27(21-7-5-4-6-8-21)31-22-13-9-20(10-14-22)18-29-2/h4-11,13-15,17,29,31H,3,18H2,1-2H3,(H,30,33)(H,32,34). The Kier molecular flexibility index (Phi) is 7.07. The van der Waals surface area contributed by atoms with Crippen molar-refractivity contribution in [1.29, 1.82) is 0 Å². The molecule has 0 spiro atoms. The van der Waals surface area contributed by atoms with E-state index in [-0.39, 0.29) is 11.8 Å². The average molecular weight is 451 g/mol. The number of rotatable bonds is 6. The van der Waals surface area contributed by atoms with Gasteiger partial charge in [0.05, 0.1) is 17.0 Å². The number of carbonyl (C=O) groups is 2. The molecule has 1 heterocycles. The maximum Gasteiger partial charge on any atom is 0.296 e. The van der Waals surface area contributed by atoms with Crippen molar-refractivity contribution in [3.05, 3.63) is 95.1 Å². The fourth-order valence-electron chi connectivity index (χ4n) is 3.77. The van der Waals surface area contributed by atoms with Gasteiger partial charge in [-0.25, -0.2) is 0 Å². The highest BCUT2D eigenvalue weighted by Crippen LogP contribution is 2.38. The first-order valence-corrected chi connectivity index (χ1v) is 11.1. The Morgan fingerprint density at radius 1 is 1.00 bits per heavy atom. The van der Waals surface area contributed by atoms with Crippen LogP contribution in [0.1, 0.15) is 29.2 Å². The van der Waals surface area contributed by atoms with Crippen LogP contribution in [0.4, 0.5) is 11.4 Å². The van der Waals surface area contributed by atoms with E-state index in [1.165, 1.54) is 5.56 Å². The molecule has 0 aliphatic carbocycles. The van der Waals surface area contributed by atoms with Crippen LogP contribution in [-0.2, 0) is 16.1 Å². The fraction of sp³-hybridized carbons (Fsp3) is 0.143. The predicted octanol–water partition coefficient (Wildman–Crippen LogP) is 3.83. The van der Waals surface area contributed by atoms with Crippen molar-refractivity contribution in [2.24, 2.45) is 0 Å². The summed E-state index contributed by atoms with van der Waals surface area (Å²) in [6.07, 6.45) is 0. The number of benzene rings is 3. The lowest BCUT2D eigenvalue weighted by Crippen LogP contribution is -2.20. The number of amides is 2. The summed E-state index contributed by atoms with van der Waals surface area (Å²) >= 11 is 0. The summed E-state index contributed by atoms with van der Waals surface area (Å²) in [4.78, 5) is 24.8. The molecular weight excluding hydrogens is 424 g/mol. The molecule has 0 saturated carbocycles. The highest BCUT2D eigenvalue weighted by atomic mass is 16.2. The van der Waals surface area contributed by atoms with Crippen LogP contribution in [-0.4, -0.2) is 25.4 Å². The van der Waals surface area contributed by atoms with Gasteiger partial charge in [0.25, 0.3) is 11.8 Å². The monoisotopic (exact) mass is 450 g/mol. The Bertz CT molecular complexity index is 1300. The van der Waals surface area contributed by atoms with Crippen molar-refractivity contribution in [3.8, 4) is 11.8 Å². The number of hydrogen-bond acceptors (Lipinski definition) is 4. The van der Waals surface area contributed by atoms with Crippen molar-refractivity contribution < 1.29 is 9.59 Å². The Labute approximate surface area is 199 Å². The minimum absolute atomic E-state index is 0.193. The van der Waals surface area contributed by atoms with E-state index in [0.29, 0.717) is 23.4 Å². The molecule has 0 radical (unpaired) electrons. The van der Waals surface area contributed by atoms with Crippen molar-refractivity contribution in [2.75, 3.05) is 24.2 Å². The Hall–Kier alpha value is -4.34. The lowest BCUT2D eigenvalue weighted by molar-refractivity contribution is -0.115. The molecule has 3 aromatic rings. The second-order valence-corrected chi connectivity index (χ2v) is 7.79. The van der Waals surface area contributed by atoms with Gasteiger partial charge in [-0.05, 0) is 49.4 Å². The quantitative estimate of drug-likeness (QED) is 0.340. The predicted molar refractivity (Wildman–Crippen MR) is 137 cm³/mol. The summed E-state index contributed by atoms with van der Waals surface area (Å²) in [5.41, 5.74) is 6.35. The van der Waals surface area contributed by atoms with Gasteiger partial charge in [0.1, 0.15) is 0 Å². The molecule has 6 heteroatoms. The molecule has 2 amide bonds. The Morgan fingerprint density at radius 2 is 1.76 bits per heavy atom. The van der Waals surface area contributed by atoms with Crippen LogP contribution in [0.5, 0.6) is 0 Å². The summed E-state index contributed by atoms with van der Waals surface area (Å²) in [6, 6.07) is 23.4. The number of hydrogen-bond donors (Lipinski definition) is 4. The third kappa shape index (κ3) is 5.17. The van der Waals surface area contributed by atoms with Crippen LogP contribution in [0, 0.1) is 11.8 Å². The molecule has 0 fully saturated rings. The van der Waals surface area contributed by atoms with E-state index in [1.54, 1.807) is 6.07 Å². The van der Waals surface area contributed by atoms with Gasteiger partial charge in [0.2, 0.25) is 0 Å². The lowest BCUT2D eigenvalue weighted by Gasteiger charge is -2.15. The second kappa shape index (κ2) is 10.5. The van der Waals surface area contributed by atoms with Gasteiger partial charge in [-0.3, -0.25) is 9.59 Å². The molecule has 3 aromatic carbocycles. The first-order valence-electron chi connectivity index (χ1n) is 11.1. The summed E-state index contributed by atoms with van der Waals surface area (Å²) < 4.78 is 0. The molecule has 0 aromatic heterocycles. The molecular formula is C28H26N4O2. The third-order valence-electron chi connectivity index (χ3n) is 5.34. The zero-order chi connectivity index (χ0) is 23.9. The summed E-state index contributed by atoms with van der Waals surface area (Å²) in [7, 11) is 1.91. The second-order valence-electron chi connectivity index (χ2n) is 7.79. The first kappa shape index (κ1) is 22.8. The first-order chi connectivity index (χ1) is 16.6. The van der Waals surface area contributed by atoms with E-state index in [0.717, 1.165) is 29.1 Å². The van der Waals surface area contributed by atoms with Gasteiger partial charge in [-0.1, -0.05) is 54.5 Å². The fourth-order valence-corrected chi connectivity index (χ4v) is 3.77. The third-order valence-corrected chi connectivity index (χ3v) is 5.34. The maximum absolute atomic E-state index is 13.1. The van der Waals surface area contributed by atoms with Gasteiger partial charge in [0.15, 0.2) is 0 Å². The SMILES string of the molecule is CCNC(=O)C#Cc1ccc2c(c1)NC(=O)C2=C(Nc1ccc(CNC)cc1)c1ccccc1. The highest BCUT2D eigenvalue weighted by Gasteiger charge is 2.28. The maximum atomic E-state index is 13.1. The van der Waals surface area contributed by atoms with E-state index in [1.807, 2.05) is 68.6 Å². The van der Waals surface area contributed by atoms with Gasteiger partial charge in [0, 0.05) is 35.8 Å². The molecule has 6 nitrogen and oxygen atoms in total. The summed E-state index contributed by atoms with van der Waals surface area (Å²) in [5, 5.41) is 12.2. The normalized spacial score (nSPS) is 13.3. The van der Waals surface area contributed by atoms with Crippen LogP contribution < -0.4 is 21.3 Å².